The Morgan fingerprint density at radius 3 is 2.67 bits per heavy atom. The van der Waals surface area contributed by atoms with Crippen molar-refractivity contribution in [3.05, 3.63) is 53.5 Å². The van der Waals surface area contributed by atoms with E-state index in [9.17, 15) is 4.39 Å². The van der Waals surface area contributed by atoms with Crippen molar-refractivity contribution in [1.82, 2.24) is 10.3 Å². The van der Waals surface area contributed by atoms with Gasteiger partial charge in [0.1, 0.15) is 11.6 Å². The molecule has 4 heteroatoms. The first-order valence-corrected chi connectivity index (χ1v) is 7.34. The number of aryl methyl sites for hydroxylation is 1. The Morgan fingerprint density at radius 2 is 2.00 bits per heavy atom. The Kier molecular flexibility index (Phi) is 5.28. The second-order valence-corrected chi connectivity index (χ2v) is 5.00. The number of hydrogen-bond acceptors (Lipinski definition) is 3. The van der Waals surface area contributed by atoms with Crippen LogP contribution in [0.4, 0.5) is 15.9 Å². The highest BCUT2D eigenvalue weighted by Gasteiger charge is 2.09. The lowest BCUT2D eigenvalue weighted by molar-refractivity contribution is 0.628. The highest BCUT2D eigenvalue weighted by Crippen LogP contribution is 2.24. The molecule has 1 heterocycles. The molecule has 0 spiro atoms. The van der Waals surface area contributed by atoms with E-state index in [1.54, 1.807) is 6.07 Å². The number of anilines is 2. The minimum Gasteiger partial charge on any atom is -0.329 e. The number of hydrogen-bond donors (Lipinski definition) is 1. The van der Waals surface area contributed by atoms with Crippen LogP contribution < -0.4 is 10.2 Å². The summed E-state index contributed by atoms with van der Waals surface area (Å²) in [6.45, 7) is 5.92. The predicted octanol–water partition coefficient (Wildman–Crippen LogP) is 3.66. The average Bonchev–Trinajstić information content (AvgIpc) is 2.51. The summed E-state index contributed by atoms with van der Waals surface area (Å²) < 4.78 is 13.4. The fourth-order valence-corrected chi connectivity index (χ4v) is 2.17. The maximum atomic E-state index is 13.4. The van der Waals surface area contributed by atoms with Gasteiger partial charge in [0, 0.05) is 25.0 Å². The zero-order valence-corrected chi connectivity index (χ0v) is 12.9. The Balaban J connectivity index is 2.32. The summed E-state index contributed by atoms with van der Waals surface area (Å²) in [5.74, 6) is 0.603. The predicted molar refractivity (Wildman–Crippen MR) is 85.5 cm³/mol. The van der Waals surface area contributed by atoms with Gasteiger partial charge in [0.05, 0.1) is 0 Å². The highest BCUT2D eigenvalue weighted by atomic mass is 19.1. The minimum atomic E-state index is -0.237. The molecule has 0 atom stereocenters. The van der Waals surface area contributed by atoms with Crippen molar-refractivity contribution in [1.29, 1.82) is 0 Å². The molecule has 1 aromatic heterocycles. The molecule has 0 radical (unpaired) electrons. The molecule has 2 aromatic rings. The summed E-state index contributed by atoms with van der Waals surface area (Å²) in [7, 11) is 1.91. The van der Waals surface area contributed by atoms with Crippen LogP contribution >= 0.6 is 0 Å². The first kappa shape index (κ1) is 15.4. The van der Waals surface area contributed by atoms with Gasteiger partial charge in [0.15, 0.2) is 0 Å². The molecule has 0 bridgehead atoms. The number of aromatic nitrogens is 1. The fraction of sp³-hybridized carbons (Fsp3) is 0.353. The highest BCUT2D eigenvalue weighted by molar-refractivity contribution is 5.59. The van der Waals surface area contributed by atoms with Crippen molar-refractivity contribution >= 4 is 11.5 Å². The van der Waals surface area contributed by atoms with E-state index in [1.807, 2.05) is 24.1 Å². The van der Waals surface area contributed by atoms with Gasteiger partial charge < -0.3 is 10.2 Å². The van der Waals surface area contributed by atoms with Gasteiger partial charge >= 0.3 is 0 Å². The SMILES string of the molecule is CCNCc1cc(CC)nc(N(C)c2cccc(F)c2)c1. The molecular weight excluding hydrogens is 265 g/mol. The summed E-state index contributed by atoms with van der Waals surface area (Å²) in [5.41, 5.74) is 3.04. The molecule has 1 N–H and O–H groups in total. The molecule has 0 saturated heterocycles. The van der Waals surface area contributed by atoms with Gasteiger partial charge in [-0.3, -0.25) is 0 Å². The van der Waals surface area contributed by atoms with Crippen molar-refractivity contribution in [2.24, 2.45) is 0 Å². The molecular formula is C17H22FN3. The summed E-state index contributed by atoms with van der Waals surface area (Å²) in [6, 6.07) is 10.7. The molecule has 0 amide bonds. The lowest BCUT2D eigenvalue weighted by Crippen LogP contribution is -2.15. The van der Waals surface area contributed by atoms with E-state index in [0.29, 0.717) is 0 Å². The smallest absolute Gasteiger partial charge is 0.133 e. The van der Waals surface area contributed by atoms with E-state index >= 15 is 0 Å². The Labute approximate surface area is 125 Å². The number of rotatable bonds is 6. The number of halogens is 1. The Morgan fingerprint density at radius 1 is 1.19 bits per heavy atom. The Bertz CT molecular complexity index is 598. The third-order valence-corrected chi connectivity index (χ3v) is 3.41. The van der Waals surface area contributed by atoms with Gasteiger partial charge in [0.25, 0.3) is 0 Å². The normalized spacial score (nSPS) is 10.7. The summed E-state index contributed by atoms with van der Waals surface area (Å²) in [4.78, 5) is 6.56. The van der Waals surface area contributed by atoms with Crippen molar-refractivity contribution in [3.63, 3.8) is 0 Å². The van der Waals surface area contributed by atoms with E-state index in [-0.39, 0.29) is 5.82 Å². The van der Waals surface area contributed by atoms with Gasteiger partial charge in [-0.15, -0.1) is 0 Å². The fourth-order valence-electron chi connectivity index (χ4n) is 2.17. The van der Waals surface area contributed by atoms with Crippen molar-refractivity contribution in [3.8, 4) is 0 Å². The van der Waals surface area contributed by atoms with Crippen LogP contribution in [-0.2, 0) is 13.0 Å². The standard InChI is InChI=1S/C17H22FN3/c1-4-15-9-13(12-19-5-2)10-17(20-15)21(3)16-8-6-7-14(18)11-16/h6-11,19H,4-5,12H2,1-3H3. The Hall–Kier alpha value is -1.94. The zero-order chi connectivity index (χ0) is 15.2. The van der Waals surface area contributed by atoms with Gasteiger partial charge in [0.2, 0.25) is 0 Å². The molecule has 0 aliphatic heterocycles. The number of nitrogens with one attached hydrogen (secondary N) is 1. The van der Waals surface area contributed by atoms with E-state index < -0.39 is 0 Å². The van der Waals surface area contributed by atoms with Crippen LogP contribution in [0.1, 0.15) is 25.1 Å². The summed E-state index contributed by atoms with van der Waals surface area (Å²) in [5, 5.41) is 3.32. The maximum absolute atomic E-state index is 13.4. The number of nitrogens with zero attached hydrogens (tertiary/aromatic N) is 2. The van der Waals surface area contributed by atoms with Crippen LogP contribution in [0.2, 0.25) is 0 Å². The van der Waals surface area contributed by atoms with Gasteiger partial charge in [-0.05, 0) is 48.9 Å². The van der Waals surface area contributed by atoms with Gasteiger partial charge in [-0.2, -0.15) is 0 Å². The second-order valence-electron chi connectivity index (χ2n) is 5.00. The molecule has 3 nitrogen and oxygen atoms in total. The quantitative estimate of drug-likeness (QED) is 0.879. The third kappa shape index (κ3) is 4.02. The van der Waals surface area contributed by atoms with Crippen LogP contribution in [0.15, 0.2) is 36.4 Å². The molecule has 21 heavy (non-hydrogen) atoms. The van der Waals surface area contributed by atoms with Crippen LogP contribution in [0, 0.1) is 5.82 Å². The van der Waals surface area contributed by atoms with Crippen molar-refractivity contribution in [2.45, 2.75) is 26.8 Å². The lowest BCUT2D eigenvalue weighted by atomic mass is 10.2. The minimum absolute atomic E-state index is 0.237. The zero-order valence-electron chi connectivity index (χ0n) is 12.9. The maximum Gasteiger partial charge on any atom is 0.133 e. The first-order chi connectivity index (χ1) is 10.1. The van der Waals surface area contributed by atoms with E-state index in [0.717, 1.165) is 36.7 Å². The molecule has 0 saturated carbocycles. The number of benzene rings is 1. The van der Waals surface area contributed by atoms with Gasteiger partial charge in [-0.1, -0.05) is 19.9 Å². The van der Waals surface area contributed by atoms with E-state index in [2.05, 4.69) is 30.2 Å². The molecule has 112 valence electrons. The molecule has 0 aliphatic rings. The van der Waals surface area contributed by atoms with Crippen LogP contribution in [0.5, 0.6) is 0 Å². The molecule has 2 rings (SSSR count). The summed E-state index contributed by atoms with van der Waals surface area (Å²) in [6.07, 6.45) is 0.879. The largest absolute Gasteiger partial charge is 0.329 e. The topological polar surface area (TPSA) is 28.2 Å². The van der Waals surface area contributed by atoms with E-state index in [4.69, 9.17) is 0 Å². The molecule has 1 aromatic carbocycles. The molecule has 0 aliphatic carbocycles. The van der Waals surface area contributed by atoms with Crippen molar-refractivity contribution in [2.75, 3.05) is 18.5 Å². The number of pyridine rings is 1. The third-order valence-electron chi connectivity index (χ3n) is 3.41. The monoisotopic (exact) mass is 287 g/mol. The van der Waals surface area contributed by atoms with Crippen LogP contribution in [-0.4, -0.2) is 18.6 Å². The summed E-state index contributed by atoms with van der Waals surface area (Å²) >= 11 is 0. The lowest BCUT2D eigenvalue weighted by Gasteiger charge is -2.20. The first-order valence-electron chi connectivity index (χ1n) is 7.34. The molecule has 0 unspecified atom stereocenters. The van der Waals surface area contributed by atoms with Crippen LogP contribution in [0.25, 0.3) is 0 Å². The van der Waals surface area contributed by atoms with Gasteiger partial charge in [-0.25, -0.2) is 9.37 Å². The second kappa shape index (κ2) is 7.18. The van der Waals surface area contributed by atoms with E-state index in [1.165, 1.54) is 17.7 Å². The van der Waals surface area contributed by atoms with Crippen molar-refractivity contribution < 1.29 is 4.39 Å². The van der Waals surface area contributed by atoms with Crippen LogP contribution in [0.3, 0.4) is 0 Å². The average molecular weight is 287 g/mol. The molecule has 0 fully saturated rings.